The summed E-state index contributed by atoms with van der Waals surface area (Å²) >= 11 is 8.78. The highest BCUT2D eigenvalue weighted by Gasteiger charge is 2.17. The number of Topliss-reactive ketones (excluding diaryl/α,β-unsaturated/α-hetero) is 1. The summed E-state index contributed by atoms with van der Waals surface area (Å²) < 4.78 is 25.3. The highest BCUT2D eigenvalue weighted by molar-refractivity contribution is 9.09. The first-order chi connectivity index (χ1) is 7.42. The zero-order valence-electron chi connectivity index (χ0n) is 8.33. The smallest absolute Gasteiger partial charge is 0.241 e. The molecule has 0 bridgehead atoms. The number of sulfonamides is 1. The number of benzene rings is 1. The lowest BCUT2D eigenvalue weighted by Gasteiger charge is -2.06. The molecule has 0 amide bonds. The molecular weight excluding hydrogens is 318 g/mol. The summed E-state index contributed by atoms with van der Waals surface area (Å²) in [6, 6.07) is 4.14. The van der Waals surface area contributed by atoms with Gasteiger partial charge in [-0.15, -0.1) is 0 Å². The van der Waals surface area contributed by atoms with Crippen molar-refractivity contribution in [1.29, 1.82) is 0 Å². The average Bonchev–Trinajstić information content (AvgIpc) is 2.28. The average molecular weight is 327 g/mol. The Labute approximate surface area is 107 Å². The van der Waals surface area contributed by atoms with E-state index in [2.05, 4.69) is 20.7 Å². The minimum absolute atomic E-state index is 0.0838. The predicted octanol–water partition coefficient (Wildman–Crippen LogP) is 1.83. The van der Waals surface area contributed by atoms with E-state index in [0.717, 1.165) is 0 Å². The molecule has 0 saturated carbocycles. The topological polar surface area (TPSA) is 63.2 Å². The van der Waals surface area contributed by atoms with Gasteiger partial charge in [-0.25, -0.2) is 13.1 Å². The van der Waals surface area contributed by atoms with Crippen LogP contribution in [0.4, 0.5) is 0 Å². The Morgan fingerprint density at radius 2 is 2.12 bits per heavy atom. The van der Waals surface area contributed by atoms with E-state index in [4.69, 9.17) is 11.6 Å². The molecule has 4 nitrogen and oxygen atoms in total. The second-order valence-electron chi connectivity index (χ2n) is 2.91. The maximum Gasteiger partial charge on any atom is 0.241 e. The number of hydrogen-bond acceptors (Lipinski definition) is 3. The molecule has 7 heteroatoms. The molecule has 0 aliphatic carbocycles. The lowest BCUT2D eigenvalue weighted by atomic mass is 10.1. The second-order valence-corrected chi connectivity index (χ2v) is 5.73. The van der Waals surface area contributed by atoms with Crippen LogP contribution < -0.4 is 4.72 Å². The van der Waals surface area contributed by atoms with Gasteiger partial charge in [-0.1, -0.05) is 27.5 Å². The third-order valence-electron chi connectivity index (χ3n) is 1.93. The molecule has 0 aliphatic rings. The van der Waals surface area contributed by atoms with Crippen LogP contribution in [0.15, 0.2) is 23.1 Å². The van der Waals surface area contributed by atoms with Gasteiger partial charge in [-0.2, -0.15) is 0 Å². The largest absolute Gasteiger partial charge is 0.293 e. The molecule has 0 aliphatic heterocycles. The highest BCUT2D eigenvalue weighted by atomic mass is 79.9. The van der Waals surface area contributed by atoms with Crippen LogP contribution >= 0.6 is 27.5 Å². The van der Waals surface area contributed by atoms with Gasteiger partial charge < -0.3 is 0 Å². The number of carbonyl (C=O) groups is 1. The summed E-state index contributed by atoms with van der Waals surface area (Å²) in [5.74, 6) is -0.204. The predicted molar refractivity (Wildman–Crippen MR) is 65.8 cm³/mol. The molecule has 1 aromatic carbocycles. The number of rotatable bonds is 4. The molecule has 1 N–H and O–H groups in total. The molecule has 1 aromatic rings. The van der Waals surface area contributed by atoms with Gasteiger partial charge in [0.2, 0.25) is 10.0 Å². The van der Waals surface area contributed by atoms with Crippen LogP contribution in [0.3, 0.4) is 0 Å². The molecule has 1 rings (SSSR count). The molecule has 0 heterocycles. The van der Waals surface area contributed by atoms with E-state index < -0.39 is 10.0 Å². The third-order valence-corrected chi connectivity index (χ3v) is 4.34. The molecule has 88 valence electrons. The first-order valence-corrected chi connectivity index (χ1v) is 7.23. The molecule has 0 aromatic heterocycles. The Bertz CT molecular complexity index is 515. The quantitative estimate of drug-likeness (QED) is 0.678. The lowest BCUT2D eigenvalue weighted by molar-refractivity contribution is 0.102. The van der Waals surface area contributed by atoms with Crippen molar-refractivity contribution in [2.45, 2.75) is 4.90 Å². The molecule has 0 radical (unpaired) electrons. The van der Waals surface area contributed by atoms with Crippen molar-refractivity contribution in [3.63, 3.8) is 0 Å². The van der Waals surface area contributed by atoms with E-state index >= 15 is 0 Å². The lowest BCUT2D eigenvalue weighted by Crippen LogP contribution is -2.19. The van der Waals surface area contributed by atoms with Crippen LogP contribution in [0, 0.1) is 0 Å². The van der Waals surface area contributed by atoms with Crippen LogP contribution in [-0.4, -0.2) is 26.6 Å². The first-order valence-electron chi connectivity index (χ1n) is 4.24. The van der Waals surface area contributed by atoms with E-state index in [-0.39, 0.29) is 21.0 Å². The highest BCUT2D eigenvalue weighted by Crippen LogP contribution is 2.22. The molecule has 0 fully saturated rings. The maximum atomic E-state index is 11.6. The SMILES string of the molecule is CNS(=O)(=O)c1cc(C(=O)CBr)ccc1Cl. The summed E-state index contributed by atoms with van der Waals surface area (Å²) in [4.78, 5) is 11.3. The van der Waals surface area contributed by atoms with Crippen molar-refractivity contribution in [3.8, 4) is 0 Å². The number of nitrogens with one attached hydrogen (secondary N) is 1. The number of hydrogen-bond donors (Lipinski definition) is 1. The summed E-state index contributed by atoms with van der Waals surface area (Å²) in [6.45, 7) is 0. The van der Waals surface area contributed by atoms with Crippen LogP contribution in [0.2, 0.25) is 5.02 Å². The Kier molecular flexibility index (Phi) is 4.49. The van der Waals surface area contributed by atoms with Crippen LogP contribution in [0.5, 0.6) is 0 Å². The van der Waals surface area contributed by atoms with Crippen molar-refractivity contribution >= 4 is 43.3 Å². The standard InChI is InChI=1S/C9H9BrClNO3S/c1-12-16(14,15)9-4-6(8(13)5-10)2-3-7(9)11/h2-4,12H,5H2,1H3. The van der Waals surface area contributed by atoms with Gasteiger partial charge in [0.05, 0.1) is 10.4 Å². The zero-order valence-corrected chi connectivity index (χ0v) is 11.5. The van der Waals surface area contributed by atoms with Gasteiger partial charge in [-0.3, -0.25) is 4.79 Å². The number of ketones is 1. The number of carbonyl (C=O) groups excluding carboxylic acids is 1. The Morgan fingerprint density at radius 1 is 1.50 bits per heavy atom. The van der Waals surface area contributed by atoms with Crippen LogP contribution in [0.25, 0.3) is 0 Å². The van der Waals surface area contributed by atoms with Gasteiger partial charge in [-0.05, 0) is 25.2 Å². The molecule has 16 heavy (non-hydrogen) atoms. The van der Waals surface area contributed by atoms with Gasteiger partial charge in [0, 0.05) is 5.56 Å². The van der Waals surface area contributed by atoms with Crippen LogP contribution in [0.1, 0.15) is 10.4 Å². The fraction of sp³-hybridized carbons (Fsp3) is 0.222. The zero-order chi connectivity index (χ0) is 12.3. The Balaban J connectivity index is 3.36. The van der Waals surface area contributed by atoms with Gasteiger partial charge in [0.25, 0.3) is 0 Å². The Hall–Kier alpha value is -0.430. The minimum Gasteiger partial charge on any atom is -0.293 e. The summed E-state index contributed by atoms with van der Waals surface area (Å²) in [6.07, 6.45) is 0. The molecule has 0 spiro atoms. The molecule has 0 unspecified atom stereocenters. The van der Waals surface area contributed by atoms with E-state index in [1.54, 1.807) is 0 Å². The number of halogens is 2. The van der Waals surface area contributed by atoms with Crippen LogP contribution in [-0.2, 0) is 10.0 Å². The minimum atomic E-state index is -3.64. The first kappa shape index (κ1) is 13.6. The molecule has 0 atom stereocenters. The van der Waals surface area contributed by atoms with E-state index in [9.17, 15) is 13.2 Å². The Morgan fingerprint density at radius 3 is 2.62 bits per heavy atom. The van der Waals surface area contributed by atoms with Crippen molar-refractivity contribution in [2.24, 2.45) is 0 Å². The van der Waals surface area contributed by atoms with E-state index in [1.165, 1.54) is 25.2 Å². The summed E-state index contributed by atoms with van der Waals surface area (Å²) in [5, 5.41) is 0.216. The summed E-state index contributed by atoms with van der Waals surface area (Å²) in [5.41, 5.74) is 0.301. The number of alkyl halides is 1. The van der Waals surface area contributed by atoms with Crippen molar-refractivity contribution in [1.82, 2.24) is 4.72 Å². The van der Waals surface area contributed by atoms with Gasteiger partial charge in [0.1, 0.15) is 4.90 Å². The fourth-order valence-electron chi connectivity index (χ4n) is 1.07. The molecular formula is C9H9BrClNO3S. The normalized spacial score (nSPS) is 11.4. The van der Waals surface area contributed by atoms with Crippen molar-refractivity contribution < 1.29 is 13.2 Å². The molecule has 0 saturated heterocycles. The van der Waals surface area contributed by atoms with Crippen molar-refractivity contribution in [3.05, 3.63) is 28.8 Å². The van der Waals surface area contributed by atoms with E-state index in [0.29, 0.717) is 5.56 Å². The van der Waals surface area contributed by atoms with Gasteiger partial charge in [0.15, 0.2) is 5.78 Å². The second kappa shape index (κ2) is 5.27. The monoisotopic (exact) mass is 325 g/mol. The fourth-order valence-corrected chi connectivity index (χ4v) is 2.64. The van der Waals surface area contributed by atoms with Crippen molar-refractivity contribution in [2.75, 3.05) is 12.4 Å². The third kappa shape index (κ3) is 2.82. The van der Waals surface area contributed by atoms with Gasteiger partial charge >= 0.3 is 0 Å². The van der Waals surface area contributed by atoms with E-state index in [1.807, 2.05) is 0 Å². The summed E-state index contributed by atoms with van der Waals surface area (Å²) in [7, 11) is -2.36. The maximum absolute atomic E-state index is 11.6.